The Morgan fingerprint density at radius 3 is 1.93 bits per heavy atom. The van der Waals surface area contributed by atoms with Gasteiger partial charge in [-0.15, -0.1) is 0 Å². The summed E-state index contributed by atoms with van der Waals surface area (Å²) in [5.74, 6) is 1.71. The van der Waals surface area contributed by atoms with Crippen molar-refractivity contribution in [2.45, 2.75) is 72.8 Å². The van der Waals surface area contributed by atoms with E-state index in [0.717, 1.165) is 17.9 Å². The van der Waals surface area contributed by atoms with Crippen molar-refractivity contribution in [2.75, 3.05) is 6.54 Å². The monoisotopic (exact) mass is 213 g/mol. The second-order valence-corrected chi connectivity index (χ2v) is 5.11. The minimum atomic E-state index is 0.752. The van der Waals surface area contributed by atoms with E-state index in [4.69, 9.17) is 0 Å². The van der Waals surface area contributed by atoms with Crippen LogP contribution in [0.15, 0.2) is 0 Å². The highest BCUT2D eigenvalue weighted by Crippen LogP contribution is 2.19. The zero-order valence-electron chi connectivity index (χ0n) is 11.5. The van der Waals surface area contributed by atoms with Crippen molar-refractivity contribution in [1.29, 1.82) is 0 Å². The summed E-state index contributed by atoms with van der Waals surface area (Å²) in [5, 5.41) is 3.73. The highest BCUT2D eigenvalue weighted by atomic mass is 14.9. The van der Waals surface area contributed by atoms with E-state index in [1.54, 1.807) is 0 Å². The predicted octanol–water partition coefficient (Wildman–Crippen LogP) is 4.23. The molecule has 0 radical (unpaired) electrons. The normalized spacial score (nSPS) is 13.8. The van der Waals surface area contributed by atoms with E-state index in [-0.39, 0.29) is 0 Å². The Morgan fingerprint density at radius 2 is 1.53 bits per heavy atom. The van der Waals surface area contributed by atoms with Crippen molar-refractivity contribution in [1.82, 2.24) is 5.32 Å². The van der Waals surface area contributed by atoms with Crippen LogP contribution in [0.2, 0.25) is 0 Å². The van der Waals surface area contributed by atoms with Crippen LogP contribution in [0.25, 0.3) is 0 Å². The van der Waals surface area contributed by atoms with Gasteiger partial charge in [0.1, 0.15) is 0 Å². The Morgan fingerprint density at radius 1 is 0.933 bits per heavy atom. The largest absolute Gasteiger partial charge is 0.314 e. The molecule has 1 N–H and O–H groups in total. The van der Waals surface area contributed by atoms with Crippen LogP contribution in [0, 0.1) is 11.8 Å². The van der Waals surface area contributed by atoms with Gasteiger partial charge in [-0.05, 0) is 37.6 Å². The molecule has 0 bridgehead atoms. The molecule has 0 aromatic carbocycles. The minimum absolute atomic E-state index is 0.752. The third kappa shape index (κ3) is 6.94. The van der Waals surface area contributed by atoms with E-state index in [1.807, 2.05) is 0 Å². The molecule has 15 heavy (non-hydrogen) atoms. The Hall–Kier alpha value is -0.0400. The highest BCUT2D eigenvalue weighted by molar-refractivity contribution is 4.75. The second kappa shape index (κ2) is 9.21. The third-order valence-corrected chi connectivity index (χ3v) is 3.33. The summed E-state index contributed by atoms with van der Waals surface area (Å²) in [5.41, 5.74) is 0. The lowest BCUT2D eigenvalue weighted by Crippen LogP contribution is -2.36. The van der Waals surface area contributed by atoms with E-state index >= 15 is 0 Å². The first-order chi connectivity index (χ1) is 7.15. The SMILES string of the molecule is CCCNC(CCC(C)C)C(CC)CC. The zero-order valence-corrected chi connectivity index (χ0v) is 11.5. The lowest BCUT2D eigenvalue weighted by molar-refractivity contribution is 0.301. The molecule has 0 heterocycles. The molecule has 0 aliphatic carbocycles. The molecule has 0 aromatic heterocycles. The van der Waals surface area contributed by atoms with Gasteiger partial charge in [0.25, 0.3) is 0 Å². The number of hydrogen-bond acceptors (Lipinski definition) is 1. The second-order valence-electron chi connectivity index (χ2n) is 5.11. The van der Waals surface area contributed by atoms with Gasteiger partial charge in [0.15, 0.2) is 0 Å². The summed E-state index contributed by atoms with van der Waals surface area (Å²) in [4.78, 5) is 0. The maximum Gasteiger partial charge on any atom is 0.00952 e. The van der Waals surface area contributed by atoms with E-state index in [0.29, 0.717) is 0 Å². The molecular weight excluding hydrogens is 182 g/mol. The summed E-state index contributed by atoms with van der Waals surface area (Å²) in [6, 6.07) is 0.752. The average Bonchev–Trinajstić information content (AvgIpc) is 2.22. The van der Waals surface area contributed by atoms with Crippen molar-refractivity contribution in [3.63, 3.8) is 0 Å². The van der Waals surface area contributed by atoms with E-state index in [2.05, 4.69) is 39.9 Å². The molecule has 92 valence electrons. The van der Waals surface area contributed by atoms with Crippen LogP contribution in [0.1, 0.15) is 66.7 Å². The fourth-order valence-electron chi connectivity index (χ4n) is 2.20. The van der Waals surface area contributed by atoms with Crippen LogP contribution >= 0.6 is 0 Å². The molecule has 0 saturated heterocycles. The smallest absolute Gasteiger partial charge is 0.00952 e. The Kier molecular flexibility index (Phi) is 9.18. The summed E-state index contributed by atoms with van der Waals surface area (Å²) in [7, 11) is 0. The number of nitrogens with one attached hydrogen (secondary N) is 1. The van der Waals surface area contributed by atoms with E-state index in [9.17, 15) is 0 Å². The molecule has 1 heteroatoms. The maximum absolute atomic E-state index is 3.73. The molecule has 0 aromatic rings. The molecule has 0 amide bonds. The Labute approximate surface area is 97.0 Å². The highest BCUT2D eigenvalue weighted by Gasteiger charge is 2.17. The van der Waals surface area contributed by atoms with Crippen LogP contribution in [-0.2, 0) is 0 Å². The van der Waals surface area contributed by atoms with Gasteiger partial charge in [0.05, 0.1) is 0 Å². The molecule has 1 nitrogen and oxygen atoms in total. The Balaban J connectivity index is 4.03. The van der Waals surface area contributed by atoms with E-state index < -0.39 is 0 Å². The van der Waals surface area contributed by atoms with Gasteiger partial charge in [0.2, 0.25) is 0 Å². The average molecular weight is 213 g/mol. The lowest BCUT2D eigenvalue weighted by Gasteiger charge is -2.27. The molecule has 0 saturated carbocycles. The molecule has 0 rings (SSSR count). The predicted molar refractivity (Wildman–Crippen MR) is 70.2 cm³/mol. The third-order valence-electron chi connectivity index (χ3n) is 3.33. The number of hydrogen-bond donors (Lipinski definition) is 1. The maximum atomic E-state index is 3.73. The summed E-state index contributed by atoms with van der Waals surface area (Å²) in [6.45, 7) is 12.7. The molecule has 0 fully saturated rings. The quantitative estimate of drug-likeness (QED) is 0.604. The van der Waals surface area contributed by atoms with Gasteiger partial charge in [-0.1, -0.05) is 47.5 Å². The molecule has 1 atom stereocenters. The van der Waals surface area contributed by atoms with Crippen LogP contribution in [0.5, 0.6) is 0 Å². The lowest BCUT2D eigenvalue weighted by atomic mass is 9.89. The molecule has 0 aliphatic rings. The summed E-state index contributed by atoms with van der Waals surface area (Å²) >= 11 is 0. The first-order valence-electron chi connectivity index (χ1n) is 6.88. The summed E-state index contributed by atoms with van der Waals surface area (Å²) < 4.78 is 0. The zero-order chi connectivity index (χ0) is 11.7. The Bertz CT molecular complexity index is 127. The van der Waals surface area contributed by atoms with Gasteiger partial charge >= 0.3 is 0 Å². The fraction of sp³-hybridized carbons (Fsp3) is 1.00. The van der Waals surface area contributed by atoms with Crippen molar-refractivity contribution in [3.05, 3.63) is 0 Å². The van der Waals surface area contributed by atoms with E-state index in [1.165, 1.54) is 38.6 Å². The number of rotatable bonds is 9. The van der Waals surface area contributed by atoms with Gasteiger partial charge in [-0.3, -0.25) is 0 Å². The molecule has 1 unspecified atom stereocenters. The van der Waals surface area contributed by atoms with Gasteiger partial charge in [-0.25, -0.2) is 0 Å². The van der Waals surface area contributed by atoms with Crippen molar-refractivity contribution < 1.29 is 0 Å². The topological polar surface area (TPSA) is 12.0 Å². The van der Waals surface area contributed by atoms with Crippen molar-refractivity contribution in [3.8, 4) is 0 Å². The first kappa shape index (κ1) is 15.0. The molecule has 0 spiro atoms. The standard InChI is InChI=1S/C14H31N/c1-6-11-15-14(10-9-12(4)5)13(7-2)8-3/h12-15H,6-11H2,1-5H3. The first-order valence-corrected chi connectivity index (χ1v) is 6.88. The molecule has 0 aliphatic heterocycles. The van der Waals surface area contributed by atoms with Crippen LogP contribution in [0.3, 0.4) is 0 Å². The summed E-state index contributed by atoms with van der Waals surface area (Å²) in [6.07, 6.45) is 6.59. The molecular formula is C14H31N. The fourth-order valence-corrected chi connectivity index (χ4v) is 2.20. The minimum Gasteiger partial charge on any atom is -0.314 e. The van der Waals surface area contributed by atoms with Gasteiger partial charge in [-0.2, -0.15) is 0 Å². The van der Waals surface area contributed by atoms with Crippen LogP contribution in [-0.4, -0.2) is 12.6 Å². The van der Waals surface area contributed by atoms with Crippen molar-refractivity contribution >= 4 is 0 Å². The van der Waals surface area contributed by atoms with Gasteiger partial charge < -0.3 is 5.32 Å². The van der Waals surface area contributed by atoms with Crippen LogP contribution in [0.4, 0.5) is 0 Å². The van der Waals surface area contributed by atoms with Crippen molar-refractivity contribution in [2.24, 2.45) is 11.8 Å². The van der Waals surface area contributed by atoms with Crippen LogP contribution < -0.4 is 5.32 Å². The van der Waals surface area contributed by atoms with Gasteiger partial charge in [0, 0.05) is 6.04 Å².